The van der Waals surface area contributed by atoms with Gasteiger partial charge in [0.05, 0.1) is 69.9 Å². The van der Waals surface area contributed by atoms with Gasteiger partial charge in [-0.2, -0.15) is 10.5 Å². The number of Topliss-reactive ketones (excluding diaryl/α,β-unsaturated/α-hetero) is 1. The molecule has 0 amide bonds. The third-order valence-corrected chi connectivity index (χ3v) is 14.4. The highest BCUT2D eigenvalue weighted by Gasteiger charge is 2.30. The lowest BCUT2D eigenvalue weighted by Crippen LogP contribution is -2.20. The molecule has 2 aliphatic rings. The molecule has 2 saturated carbocycles. The number of pyridine rings is 2. The zero-order chi connectivity index (χ0) is 60.6. The number of ether oxygens (including phenoxy) is 1. The lowest BCUT2D eigenvalue weighted by atomic mass is 9.87. The SMILES string of the molecule is C=COCCCCC.[2H][C@@](Cc1cc(Br)c2ncc(C#N)c(NCC(C)(C)C)c2c1)(c1ccc(F)cc1)c1cn(C2CC2)nn1.[2H][C@@](Cc1cc(C(C)=O)c2ncc(C#N)c(NCC(C)(C)C)c2c1)(c1ccc(F)cc1)c1cn(C2CC2)nn1. The molecule has 2 N–H and O–H groups in total. The summed E-state index contributed by atoms with van der Waals surface area (Å²) < 4.78 is 56.2. The number of anilines is 2. The van der Waals surface area contributed by atoms with Gasteiger partial charge in [0.25, 0.3) is 0 Å². The first-order valence-corrected chi connectivity index (χ1v) is 28.7. The van der Waals surface area contributed by atoms with Crippen LogP contribution >= 0.6 is 15.9 Å². The molecule has 2 aliphatic carbocycles. The van der Waals surface area contributed by atoms with Gasteiger partial charge in [0.15, 0.2) is 5.78 Å². The Kier molecular flexibility index (Phi) is 18.7. The molecule has 426 valence electrons. The second kappa shape index (κ2) is 26.8. The maximum absolute atomic E-state index is 13.8. The minimum Gasteiger partial charge on any atom is -0.502 e. The number of halogens is 3. The van der Waals surface area contributed by atoms with Gasteiger partial charge in [0.2, 0.25) is 0 Å². The number of unbranched alkanes of at least 4 members (excludes halogenated alkanes) is 2. The fourth-order valence-electron chi connectivity index (χ4n) is 9.18. The van der Waals surface area contributed by atoms with Crippen LogP contribution in [0.25, 0.3) is 21.8 Å². The predicted molar refractivity (Wildman–Crippen MR) is 323 cm³/mol. The number of benzene rings is 4. The lowest BCUT2D eigenvalue weighted by Gasteiger charge is -2.22. The molecular weight excluding hydrogens is 1100 g/mol. The van der Waals surface area contributed by atoms with E-state index in [0.717, 1.165) is 65.3 Å². The number of nitriles is 2. The summed E-state index contributed by atoms with van der Waals surface area (Å²) >= 11 is 3.66. The predicted octanol–water partition coefficient (Wildman–Crippen LogP) is 15.3. The Labute approximate surface area is 491 Å². The Hall–Kier alpha value is -7.89. The summed E-state index contributed by atoms with van der Waals surface area (Å²) in [6, 6.07) is 24.6. The van der Waals surface area contributed by atoms with Crippen LogP contribution in [0, 0.1) is 45.1 Å². The lowest BCUT2D eigenvalue weighted by molar-refractivity contribution is 0.101. The van der Waals surface area contributed by atoms with E-state index in [9.17, 15) is 26.8 Å². The van der Waals surface area contributed by atoms with Crippen molar-refractivity contribution >= 4 is 54.9 Å². The average molecular weight is 1170 g/mol. The number of nitrogens with one attached hydrogen (secondary N) is 2. The van der Waals surface area contributed by atoms with Gasteiger partial charge in [-0.3, -0.25) is 14.8 Å². The van der Waals surface area contributed by atoms with E-state index in [1.54, 1.807) is 47.4 Å². The summed E-state index contributed by atoms with van der Waals surface area (Å²) in [5, 5.41) is 45.2. The van der Waals surface area contributed by atoms with E-state index >= 15 is 0 Å². The Morgan fingerprint density at radius 2 is 1.21 bits per heavy atom. The number of hydrogen-bond donors (Lipinski definition) is 2. The van der Waals surface area contributed by atoms with Crippen molar-refractivity contribution in [3.8, 4) is 12.1 Å². The fraction of sp³-hybridized carbons (Fsp3) is 0.400. The number of fused-ring (bicyclic) bond motifs is 2. The molecule has 2 atom stereocenters. The average Bonchev–Trinajstić information content (AvgIpc) is 3.02. The molecule has 0 saturated heterocycles. The Morgan fingerprint density at radius 1 is 0.756 bits per heavy atom. The third kappa shape index (κ3) is 16.0. The largest absolute Gasteiger partial charge is 0.502 e. The van der Waals surface area contributed by atoms with Crippen LogP contribution in [0.4, 0.5) is 20.2 Å². The molecule has 0 unspecified atom stereocenters. The summed E-state index contributed by atoms with van der Waals surface area (Å²) in [7, 11) is 0. The third-order valence-electron chi connectivity index (χ3n) is 13.8. The van der Waals surface area contributed by atoms with Gasteiger partial charge in [-0.15, -0.1) is 10.2 Å². The van der Waals surface area contributed by atoms with E-state index in [0.29, 0.717) is 86.5 Å². The number of nitrogens with zero attached hydrogens (tertiary/aromatic N) is 10. The van der Waals surface area contributed by atoms with Crippen LogP contribution in [-0.2, 0) is 17.6 Å². The quantitative estimate of drug-likeness (QED) is 0.0419. The minimum atomic E-state index is -1.40. The second-order valence-corrected chi connectivity index (χ2v) is 24.3. The number of rotatable bonds is 20. The first kappa shape index (κ1) is 57.3. The van der Waals surface area contributed by atoms with Gasteiger partial charge in [0.1, 0.15) is 23.8 Å². The molecule has 4 heterocycles. The molecule has 0 bridgehead atoms. The maximum atomic E-state index is 13.8. The summed E-state index contributed by atoms with van der Waals surface area (Å²) in [5.41, 5.74) is 7.46. The van der Waals surface area contributed by atoms with Gasteiger partial charge < -0.3 is 15.4 Å². The van der Waals surface area contributed by atoms with E-state index < -0.39 is 17.6 Å². The second-order valence-electron chi connectivity index (χ2n) is 23.4. The van der Waals surface area contributed by atoms with Crippen molar-refractivity contribution in [1.29, 1.82) is 10.5 Å². The van der Waals surface area contributed by atoms with Crippen LogP contribution in [0.5, 0.6) is 0 Å². The molecule has 0 spiro atoms. The van der Waals surface area contributed by atoms with Crippen molar-refractivity contribution < 1.29 is 21.1 Å². The van der Waals surface area contributed by atoms with Crippen molar-refractivity contribution in [3.05, 3.63) is 177 Å². The number of carbonyl (C=O) groups is 1. The number of carbonyl (C=O) groups excluding carboxylic acids is 1. The molecule has 4 aromatic heterocycles. The standard InChI is InChI=1S/C30H31FN6O.C28H28BrFN6.C7H14O/c1-18(38)24-11-19(13-26-28(34-17-30(2,3)4)21(14-32)15-33-29(24)26)12-25(20-5-7-22(31)8-6-20)27-16-37(36-35-27)23-9-10-23;1-28(2,3)16-33-26-19(13-31)14-32-27-23(26)11-17(12-24(27)29)10-22(18-4-6-20(30)7-5-18)25-15-36(35-34-25)21-8-9-21;1-3-5-6-7-8-4-2/h5-8,11,13,15-16,23,25H,9-10,12,17H2,1-4H3,(H,33,34);4-7,11-12,14-15,21-22H,8-10,16H2,1-3H3,(H,32,33);4H,2-3,5-7H2,1H3/t25-;22-;/m11./s1/i25D;22D;. The van der Waals surface area contributed by atoms with Crippen LogP contribution in [0.1, 0.15) is 182 Å². The van der Waals surface area contributed by atoms with Crippen LogP contribution in [0.2, 0.25) is 0 Å². The highest BCUT2D eigenvalue weighted by molar-refractivity contribution is 9.10. The fourth-order valence-corrected chi connectivity index (χ4v) is 9.79. The summed E-state index contributed by atoms with van der Waals surface area (Å²) in [6.45, 7) is 21.9. The van der Waals surface area contributed by atoms with Crippen molar-refractivity contribution in [2.24, 2.45) is 10.8 Å². The van der Waals surface area contributed by atoms with Crippen molar-refractivity contribution in [2.45, 2.75) is 137 Å². The van der Waals surface area contributed by atoms with E-state index in [-0.39, 0.29) is 35.3 Å². The topological polar surface area (TPSA) is 185 Å². The van der Waals surface area contributed by atoms with E-state index in [1.807, 2.05) is 29.1 Å². The normalized spacial score (nSPS) is 15.0. The molecule has 0 aliphatic heterocycles. The van der Waals surface area contributed by atoms with Crippen LogP contribution in [0.3, 0.4) is 0 Å². The monoisotopic (exact) mass is 1170 g/mol. The molecule has 10 rings (SSSR count). The molecule has 17 heteroatoms. The summed E-state index contributed by atoms with van der Waals surface area (Å²) in [6.07, 6.45) is 16.4. The van der Waals surface area contributed by atoms with Gasteiger partial charge >= 0.3 is 0 Å². The molecular formula is C65H73BrF2N12O2. The van der Waals surface area contributed by atoms with Crippen LogP contribution < -0.4 is 10.6 Å². The van der Waals surface area contributed by atoms with Gasteiger partial charge in [-0.05, 0) is 149 Å². The highest BCUT2D eigenvalue weighted by Crippen LogP contribution is 2.40. The van der Waals surface area contributed by atoms with Gasteiger partial charge in [0, 0.05) is 73.2 Å². The highest BCUT2D eigenvalue weighted by atomic mass is 79.9. The molecule has 0 radical (unpaired) electrons. The molecule has 4 aromatic carbocycles. The molecule has 2 fully saturated rings. The summed E-state index contributed by atoms with van der Waals surface area (Å²) in [5.74, 6) is -3.62. The molecule has 14 nitrogen and oxygen atoms in total. The number of aromatic nitrogens is 8. The first-order valence-electron chi connectivity index (χ1n) is 28.9. The van der Waals surface area contributed by atoms with Gasteiger partial charge in [-0.25, -0.2) is 18.1 Å². The Balaban J connectivity index is 0.000000194. The number of ketones is 1. The van der Waals surface area contributed by atoms with E-state index in [4.69, 9.17) is 4.74 Å². The van der Waals surface area contributed by atoms with Crippen molar-refractivity contribution in [3.63, 3.8) is 0 Å². The van der Waals surface area contributed by atoms with Crippen LogP contribution in [0.15, 0.2) is 115 Å². The minimum absolute atomic E-state index is 0.00343. The smallest absolute Gasteiger partial charge is 0.162 e. The zero-order valence-electron chi connectivity index (χ0n) is 50.1. The Morgan fingerprint density at radius 3 is 1.62 bits per heavy atom. The number of hydrogen-bond acceptors (Lipinski definition) is 12. The first-order chi connectivity index (χ1) is 40.0. The zero-order valence-corrected chi connectivity index (χ0v) is 49.7. The molecule has 8 aromatic rings. The van der Waals surface area contributed by atoms with Crippen molar-refractivity contribution in [2.75, 3.05) is 30.3 Å². The molecule has 82 heavy (non-hydrogen) atoms. The van der Waals surface area contributed by atoms with Crippen molar-refractivity contribution in [1.82, 2.24) is 40.0 Å². The summed E-state index contributed by atoms with van der Waals surface area (Å²) in [4.78, 5) is 21.8. The maximum Gasteiger partial charge on any atom is 0.162 e. The van der Waals surface area contributed by atoms with Gasteiger partial charge in [-0.1, -0.05) is 103 Å². The van der Waals surface area contributed by atoms with E-state index in [2.05, 4.69) is 124 Å². The van der Waals surface area contributed by atoms with E-state index in [1.165, 1.54) is 56.5 Å². The van der Waals surface area contributed by atoms with Crippen LogP contribution in [-0.4, -0.2) is 65.4 Å². The Bertz CT molecular complexity index is 3730.